The number of nitrogens with one attached hydrogen (secondary N) is 1. The molecule has 2 aromatic rings. The molecule has 1 fully saturated rings. The maximum atomic E-state index is 3.55. The molecule has 1 aromatic carbocycles. The molecule has 0 unspecified atom stereocenters. The summed E-state index contributed by atoms with van der Waals surface area (Å²) in [6.45, 7) is 3.34. The first-order chi connectivity index (χ1) is 9.42. The van der Waals surface area contributed by atoms with Crippen molar-refractivity contribution in [3.8, 4) is 10.4 Å². The largest absolute Gasteiger partial charge is 0.250 e. The smallest absolute Gasteiger partial charge is 0.0447 e. The van der Waals surface area contributed by atoms with Gasteiger partial charge in [-0.15, -0.1) is 11.3 Å². The number of piperidine rings is 1. The third kappa shape index (κ3) is 3.44. The number of thiophene rings is 1. The molecule has 1 aliphatic heterocycles. The van der Waals surface area contributed by atoms with Crippen molar-refractivity contribution in [2.24, 2.45) is 0 Å². The molecular formula is C16H20N2S. The number of hydrogen-bond acceptors (Lipinski definition) is 3. The van der Waals surface area contributed by atoms with Crippen molar-refractivity contribution in [1.82, 2.24) is 10.4 Å². The lowest BCUT2D eigenvalue weighted by Gasteiger charge is -2.26. The van der Waals surface area contributed by atoms with Gasteiger partial charge in [-0.2, -0.15) is 0 Å². The molecule has 1 aromatic heterocycles. The molecule has 1 aliphatic rings. The Bertz CT molecular complexity index is 500. The first-order valence-electron chi connectivity index (χ1n) is 7.04. The summed E-state index contributed by atoms with van der Waals surface area (Å²) in [6.07, 6.45) is 4.04. The van der Waals surface area contributed by atoms with Crippen LogP contribution in [0.15, 0.2) is 42.5 Å². The second-order valence-corrected chi connectivity index (χ2v) is 6.18. The Morgan fingerprint density at radius 2 is 1.74 bits per heavy atom. The highest BCUT2D eigenvalue weighted by Gasteiger charge is 2.09. The lowest BCUT2D eigenvalue weighted by Crippen LogP contribution is -2.40. The zero-order valence-electron chi connectivity index (χ0n) is 11.1. The van der Waals surface area contributed by atoms with E-state index < -0.39 is 0 Å². The first kappa shape index (κ1) is 12.9. The highest BCUT2D eigenvalue weighted by atomic mass is 32.1. The van der Waals surface area contributed by atoms with Crippen LogP contribution in [0, 0.1) is 0 Å². The molecule has 3 heteroatoms. The zero-order valence-corrected chi connectivity index (χ0v) is 12.0. The lowest BCUT2D eigenvalue weighted by atomic mass is 10.2. The number of hydrazine groups is 1. The summed E-state index contributed by atoms with van der Waals surface area (Å²) < 4.78 is 0. The molecular weight excluding hydrogens is 252 g/mol. The van der Waals surface area contributed by atoms with E-state index in [2.05, 4.69) is 52.9 Å². The molecule has 3 rings (SSSR count). The minimum Gasteiger partial charge on any atom is -0.250 e. The van der Waals surface area contributed by atoms with Crippen LogP contribution in [0.5, 0.6) is 0 Å². The van der Waals surface area contributed by atoms with Gasteiger partial charge in [-0.05, 0) is 30.5 Å². The SMILES string of the molecule is c1ccc(-c2ccc(CNN3CCCCC3)s2)cc1. The predicted octanol–water partition coefficient (Wildman–Crippen LogP) is 3.91. The lowest BCUT2D eigenvalue weighted by molar-refractivity contribution is 0.152. The van der Waals surface area contributed by atoms with Gasteiger partial charge < -0.3 is 0 Å². The highest BCUT2D eigenvalue weighted by molar-refractivity contribution is 7.15. The van der Waals surface area contributed by atoms with Gasteiger partial charge in [-0.3, -0.25) is 0 Å². The molecule has 0 spiro atoms. The summed E-state index contributed by atoms with van der Waals surface area (Å²) in [5.41, 5.74) is 4.86. The van der Waals surface area contributed by atoms with Crippen molar-refractivity contribution >= 4 is 11.3 Å². The number of rotatable bonds is 4. The van der Waals surface area contributed by atoms with E-state index >= 15 is 0 Å². The average molecular weight is 272 g/mol. The van der Waals surface area contributed by atoms with E-state index in [0.29, 0.717) is 0 Å². The fourth-order valence-electron chi connectivity index (χ4n) is 2.47. The highest BCUT2D eigenvalue weighted by Crippen LogP contribution is 2.27. The van der Waals surface area contributed by atoms with Gasteiger partial charge in [0.2, 0.25) is 0 Å². The monoisotopic (exact) mass is 272 g/mol. The first-order valence-corrected chi connectivity index (χ1v) is 7.86. The van der Waals surface area contributed by atoms with E-state index in [1.165, 1.54) is 47.7 Å². The fraction of sp³-hybridized carbons (Fsp3) is 0.375. The predicted molar refractivity (Wildman–Crippen MR) is 82.0 cm³/mol. The minimum atomic E-state index is 0.956. The maximum absolute atomic E-state index is 3.55. The Kier molecular flexibility index (Phi) is 4.28. The van der Waals surface area contributed by atoms with Crippen LogP contribution in [-0.4, -0.2) is 18.1 Å². The average Bonchev–Trinajstić information content (AvgIpc) is 2.96. The Labute approximate surface area is 119 Å². The van der Waals surface area contributed by atoms with E-state index in [0.717, 1.165) is 6.54 Å². The van der Waals surface area contributed by atoms with Crippen molar-refractivity contribution < 1.29 is 0 Å². The molecule has 2 heterocycles. The third-order valence-electron chi connectivity index (χ3n) is 3.55. The molecule has 100 valence electrons. The molecule has 0 amide bonds. The Morgan fingerprint density at radius 3 is 2.53 bits per heavy atom. The van der Waals surface area contributed by atoms with Crippen LogP contribution in [-0.2, 0) is 6.54 Å². The van der Waals surface area contributed by atoms with E-state index in [1.807, 2.05) is 11.3 Å². The van der Waals surface area contributed by atoms with Gasteiger partial charge in [-0.25, -0.2) is 10.4 Å². The molecule has 2 nitrogen and oxygen atoms in total. The van der Waals surface area contributed by atoms with Gasteiger partial charge in [-0.1, -0.05) is 36.8 Å². The van der Waals surface area contributed by atoms with Crippen molar-refractivity contribution in [2.75, 3.05) is 13.1 Å². The molecule has 0 radical (unpaired) electrons. The summed E-state index contributed by atoms with van der Waals surface area (Å²) in [5.74, 6) is 0. The van der Waals surface area contributed by atoms with Crippen LogP contribution in [0.3, 0.4) is 0 Å². The van der Waals surface area contributed by atoms with Crippen LogP contribution in [0.4, 0.5) is 0 Å². The maximum Gasteiger partial charge on any atom is 0.0447 e. The van der Waals surface area contributed by atoms with Gasteiger partial charge in [0, 0.05) is 29.4 Å². The second-order valence-electron chi connectivity index (χ2n) is 5.01. The Morgan fingerprint density at radius 1 is 0.947 bits per heavy atom. The van der Waals surface area contributed by atoms with Crippen LogP contribution in [0.1, 0.15) is 24.1 Å². The summed E-state index contributed by atoms with van der Waals surface area (Å²) in [7, 11) is 0. The molecule has 1 saturated heterocycles. The molecule has 19 heavy (non-hydrogen) atoms. The summed E-state index contributed by atoms with van der Waals surface area (Å²) in [6, 6.07) is 15.1. The van der Waals surface area contributed by atoms with Crippen LogP contribution in [0.25, 0.3) is 10.4 Å². The second kappa shape index (κ2) is 6.33. The molecule has 0 saturated carbocycles. The third-order valence-corrected chi connectivity index (χ3v) is 4.69. The molecule has 1 N–H and O–H groups in total. The van der Waals surface area contributed by atoms with Gasteiger partial charge in [0.15, 0.2) is 0 Å². The normalized spacial score (nSPS) is 16.6. The van der Waals surface area contributed by atoms with Gasteiger partial charge >= 0.3 is 0 Å². The van der Waals surface area contributed by atoms with Crippen molar-refractivity contribution in [1.29, 1.82) is 0 Å². The summed E-state index contributed by atoms with van der Waals surface area (Å²) in [5, 5.41) is 2.37. The molecule has 0 bridgehead atoms. The number of nitrogens with zero attached hydrogens (tertiary/aromatic N) is 1. The van der Waals surface area contributed by atoms with E-state index in [1.54, 1.807) is 0 Å². The van der Waals surface area contributed by atoms with Gasteiger partial charge in [0.1, 0.15) is 0 Å². The quantitative estimate of drug-likeness (QED) is 0.908. The van der Waals surface area contributed by atoms with Gasteiger partial charge in [0.25, 0.3) is 0 Å². The van der Waals surface area contributed by atoms with Gasteiger partial charge in [0.05, 0.1) is 0 Å². The minimum absolute atomic E-state index is 0.956. The number of benzene rings is 1. The van der Waals surface area contributed by atoms with Crippen molar-refractivity contribution in [3.63, 3.8) is 0 Å². The van der Waals surface area contributed by atoms with Crippen molar-refractivity contribution in [3.05, 3.63) is 47.3 Å². The standard InChI is InChI=1S/C16H20N2S/c1-3-7-14(8-4-1)16-10-9-15(19-16)13-17-18-11-5-2-6-12-18/h1,3-4,7-10,17H,2,5-6,11-13H2. The number of hydrogen-bond donors (Lipinski definition) is 1. The Hall–Kier alpha value is -1.16. The van der Waals surface area contributed by atoms with E-state index in [4.69, 9.17) is 0 Å². The summed E-state index contributed by atoms with van der Waals surface area (Å²) >= 11 is 1.89. The van der Waals surface area contributed by atoms with Crippen LogP contribution < -0.4 is 5.43 Å². The Balaban J connectivity index is 1.59. The molecule has 0 aliphatic carbocycles. The zero-order chi connectivity index (χ0) is 12.9. The fourth-order valence-corrected chi connectivity index (χ4v) is 3.42. The van der Waals surface area contributed by atoms with Crippen LogP contribution >= 0.6 is 11.3 Å². The topological polar surface area (TPSA) is 15.3 Å². The van der Waals surface area contributed by atoms with E-state index in [9.17, 15) is 0 Å². The van der Waals surface area contributed by atoms with E-state index in [-0.39, 0.29) is 0 Å². The van der Waals surface area contributed by atoms with Crippen LogP contribution in [0.2, 0.25) is 0 Å². The molecule has 0 atom stereocenters. The summed E-state index contributed by atoms with van der Waals surface area (Å²) in [4.78, 5) is 2.76. The van der Waals surface area contributed by atoms with Crippen molar-refractivity contribution in [2.45, 2.75) is 25.8 Å².